The lowest BCUT2D eigenvalue weighted by Gasteiger charge is -2.58. The molecule has 4 bridgehead atoms. The topological polar surface area (TPSA) is 101 Å². The third kappa shape index (κ3) is 2.31. The second-order valence-electron chi connectivity index (χ2n) is 8.49. The number of aromatic nitrogens is 2. The minimum Gasteiger partial charge on any atom is -0.390 e. The average Bonchev–Trinajstić information content (AvgIpc) is 3.33. The van der Waals surface area contributed by atoms with Crippen LogP contribution in [0.15, 0.2) is 6.20 Å². The van der Waals surface area contributed by atoms with Crippen LogP contribution < -0.4 is 11.1 Å². The Bertz CT molecular complexity index is 686. The number of hydrogen-bond donors (Lipinski definition) is 3. The Morgan fingerprint density at radius 3 is 2.58 bits per heavy atom. The minimum absolute atomic E-state index is 0.0682. The van der Waals surface area contributed by atoms with E-state index in [1.807, 2.05) is 0 Å². The molecule has 6 rings (SSSR count). The van der Waals surface area contributed by atoms with Gasteiger partial charge in [-0.1, -0.05) is 0 Å². The molecule has 2 atom stereocenters. The van der Waals surface area contributed by atoms with Gasteiger partial charge in [0.05, 0.1) is 16.9 Å². The first kappa shape index (κ1) is 14.6. The zero-order valence-electron chi connectivity index (χ0n) is 13.7. The van der Waals surface area contributed by atoms with E-state index < -0.39 is 5.60 Å². The lowest BCUT2D eigenvalue weighted by molar-refractivity contribution is -0.136. The Morgan fingerprint density at radius 2 is 1.96 bits per heavy atom. The van der Waals surface area contributed by atoms with Gasteiger partial charge >= 0.3 is 0 Å². The fourth-order valence-corrected chi connectivity index (χ4v) is 5.70. The number of carbonyl (C=O) groups is 1. The monoisotopic (exact) mass is 328 g/mol. The number of amides is 1. The van der Waals surface area contributed by atoms with Crippen molar-refractivity contribution in [1.82, 2.24) is 15.3 Å². The van der Waals surface area contributed by atoms with Crippen molar-refractivity contribution in [2.45, 2.75) is 62.5 Å². The zero-order chi connectivity index (χ0) is 16.5. The molecule has 0 aromatic carbocycles. The average molecular weight is 328 g/mol. The fourth-order valence-electron chi connectivity index (χ4n) is 5.70. The van der Waals surface area contributed by atoms with Crippen LogP contribution in [-0.4, -0.2) is 32.6 Å². The van der Waals surface area contributed by atoms with Crippen molar-refractivity contribution in [1.29, 1.82) is 0 Å². The Morgan fingerprint density at radius 1 is 1.25 bits per heavy atom. The third-order valence-electron chi connectivity index (χ3n) is 6.58. The van der Waals surface area contributed by atoms with Gasteiger partial charge in [-0.2, -0.15) is 0 Å². The molecule has 1 aromatic rings. The van der Waals surface area contributed by atoms with Crippen molar-refractivity contribution in [2.75, 3.05) is 5.73 Å². The maximum absolute atomic E-state index is 12.9. The Labute approximate surface area is 141 Å². The molecular formula is C18H24N4O2. The van der Waals surface area contributed by atoms with E-state index in [1.54, 1.807) is 6.20 Å². The summed E-state index contributed by atoms with van der Waals surface area (Å²) in [4.78, 5) is 21.2. The molecule has 5 saturated carbocycles. The fraction of sp³-hybridized carbons (Fsp3) is 0.722. The van der Waals surface area contributed by atoms with Crippen LogP contribution in [0.3, 0.4) is 0 Å². The van der Waals surface area contributed by atoms with E-state index in [0.717, 1.165) is 50.6 Å². The summed E-state index contributed by atoms with van der Waals surface area (Å²) >= 11 is 0. The number of hydrogen-bond acceptors (Lipinski definition) is 5. The Kier molecular flexibility index (Phi) is 2.99. The Hall–Kier alpha value is -1.69. The van der Waals surface area contributed by atoms with Crippen LogP contribution in [0, 0.1) is 17.8 Å². The van der Waals surface area contributed by atoms with E-state index in [4.69, 9.17) is 5.73 Å². The van der Waals surface area contributed by atoms with Gasteiger partial charge in [0.15, 0.2) is 0 Å². The summed E-state index contributed by atoms with van der Waals surface area (Å²) in [7, 11) is 0. The van der Waals surface area contributed by atoms with Gasteiger partial charge in [-0.25, -0.2) is 9.97 Å². The molecule has 5 aliphatic rings. The van der Waals surface area contributed by atoms with Gasteiger partial charge in [0.25, 0.3) is 5.91 Å². The summed E-state index contributed by atoms with van der Waals surface area (Å²) in [5.74, 6) is 1.98. The number of nitrogens with one attached hydrogen (secondary N) is 1. The van der Waals surface area contributed by atoms with Crippen molar-refractivity contribution in [3.05, 3.63) is 17.5 Å². The molecule has 0 aliphatic heterocycles. The molecule has 0 spiro atoms. The van der Waals surface area contributed by atoms with E-state index in [9.17, 15) is 9.90 Å². The van der Waals surface area contributed by atoms with E-state index in [0.29, 0.717) is 29.2 Å². The minimum atomic E-state index is -0.471. The predicted molar refractivity (Wildman–Crippen MR) is 88.2 cm³/mol. The van der Waals surface area contributed by atoms with Gasteiger partial charge < -0.3 is 16.2 Å². The number of carbonyl (C=O) groups excluding carboxylic acids is 1. The zero-order valence-corrected chi connectivity index (χ0v) is 13.7. The van der Waals surface area contributed by atoms with Crippen LogP contribution in [-0.2, 0) is 0 Å². The molecule has 1 heterocycles. The van der Waals surface area contributed by atoms with Crippen molar-refractivity contribution in [2.24, 2.45) is 17.8 Å². The summed E-state index contributed by atoms with van der Waals surface area (Å²) in [6.07, 6.45) is 8.61. The predicted octanol–water partition coefficient (Wildman–Crippen LogP) is 1.61. The van der Waals surface area contributed by atoms with Gasteiger partial charge in [-0.3, -0.25) is 4.79 Å². The summed E-state index contributed by atoms with van der Waals surface area (Å²) in [5, 5.41) is 13.9. The summed E-state index contributed by atoms with van der Waals surface area (Å²) in [6.45, 7) is 0. The van der Waals surface area contributed by atoms with E-state index in [2.05, 4.69) is 15.3 Å². The lowest BCUT2D eigenvalue weighted by atomic mass is 9.52. The van der Waals surface area contributed by atoms with E-state index >= 15 is 0 Å². The van der Waals surface area contributed by atoms with Crippen molar-refractivity contribution < 1.29 is 9.90 Å². The quantitative estimate of drug-likeness (QED) is 0.782. The highest BCUT2D eigenvalue weighted by Gasteiger charge is 2.55. The molecule has 128 valence electrons. The molecule has 5 aliphatic carbocycles. The maximum atomic E-state index is 12.9. The van der Waals surface area contributed by atoms with Crippen molar-refractivity contribution >= 4 is 11.9 Å². The lowest BCUT2D eigenvalue weighted by Crippen LogP contribution is -2.61. The number of rotatable bonds is 3. The summed E-state index contributed by atoms with van der Waals surface area (Å²) < 4.78 is 0. The second-order valence-corrected chi connectivity index (χ2v) is 8.49. The molecule has 4 N–H and O–H groups in total. The number of nitrogens with zero attached hydrogens (tertiary/aromatic N) is 2. The van der Waals surface area contributed by atoms with Crippen LogP contribution in [0.5, 0.6) is 0 Å². The molecule has 0 saturated heterocycles. The highest BCUT2D eigenvalue weighted by Crippen LogP contribution is 2.55. The second kappa shape index (κ2) is 4.91. The van der Waals surface area contributed by atoms with E-state index in [1.165, 1.54) is 0 Å². The smallest absolute Gasteiger partial charge is 0.254 e. The SMILES string of the molecule is Nc1ncc(C(=O)N[C@H]2C3CC4CC2C[C@@](O)(C4)C3)c(C2CC2)n1. The molecule has 24 heavy (non-hydrogen) atoms. The van der Waals surface area contributed by atoms with Gasteiger partial charge in [0.2, 0.25) is 5.95 Å². The van der Waals surface area contributed by atoms with Crippen LogP contribution in [0.4, 0.5) is 5.95 Å². The first-order valence-electron chi connectivity index (χ1n) is 9.16. The van der Waals surface area contributed by atoms with Gasteiger partial charge in [-0.15, -0.1) is 0 Å². The molecule has 6 nitrogen and oxygen atoms in total. The van der Waals surface area contributed by atoms with Gasteiger partial charge in [-0.05, 0) is 62.7 Å². The normalized spacial score (nSPS) is 39.9. The largest absolute Gasteiger partial charge is 0.390 e. The highest BCUT2D eigenvalue weighted by atomic mass is 16.3. The molecule has 6 heteroatoms. The van der Waals surface area contributed by atoms with Crippen LogP contribution in [0.1, 0.15) is 66.9 Å². The summed E-state index contributed by atoms with van der Waals surface area (Å²) in [5.41, 5.74) is 6.62. The van der Waals surface area contributed by atoms with Crippen LogP contribution in [0.2, 0.25) is 0 Å². The van der Waals surface area contributed by atoms with E-state index in [-0.39, 0.29) is 17.9 Å². The standard InChI is InChI=1S/C18H24N4O2/c19-17-20-8-13(15(22-17)10-1-2-10)16(23)21-14-11-3-9-4-12(14)7-18(24,5-9)6-11/h8-12,14,24H,1-7H2,(H,21,23)(H2,19,20,22)/t9?,11?,12?,14-,18+. The number of aliphatic hydroxyl groups is 1. The highest BCUT2D eigenvalue weighted by molar-refractivity contribution is 5.95. The molecule has 5 fully saturated rings. The van der Waals surface area contributed by atoms with Crippen LogP contribution in [0.25, 0.3) is 0 Å². The van der Waals surface area contributed by atoms with Gasteiger partial charge in [0, 0.05) is 18.2 Å². The molecule has 0 radical (unpaired) electrons. The van der Waals surface area contributed by atoms with Crippen molar-refractivity contribution in [3.8, 4) is 0 Å². The number of anilines is 1. The molecule has 2 unspecified atom stereocenters. The van der Waals surface area contributed by atoms with Crippen LogP contribution >= 0.6 is 0 Å². The maximum Gasteiger partial charge on any atom is 0.254 e. The number of nitrogens with two attached hydrogens (primary N) is 1. The van der Waals surface area contributed by atoms with Gasteiger partial charge in [0.1, 0.15) is 0 Å². The third-order valence-corrected chi connectivity index (χ3v) is 6.58. The molecule has 1 aromatic heterocycles. The first-order chi connectivity index (χ1) is 11.5. The Balaban J connectivity index is 1.38. The molecule has 1 amide bonds. The number of nitrogen functional groups attached to an aromatic ring is 1. The summed E-state index contributed by atoms with van der Waals surface area (Å²) in [6, 6.07) is 0.180. The molecular weight excluding hydrogens is 304 g/mol. The van der Waals surface area contributed by atoms with Crippen molar-refractivity contribution in [3.63, 3.8) is 0 Å². The first-order valence-corrected chi connectivity index (χ1v) is 9.16.